The zero-order valence-electron chi connectivity index (χ0n) is 13.1. The summed E-state index contributed by atoms with van der Waals surface area (Å²) in [5.74, 6) is 0.217. The molecule has 0 amide bonds. The second-order valence-electron chi connectivity index (χ2n) is 4.83. The van der Waals surface area contributed by atoms with Crippen molar-refractivity contribution in [1.29, 1.82) is 0 Å². The van der Waals surface area contributed by atoms with Crippen molar-refractivity contribution in [3.8, 4) is 23.3 Å². The third-order valence-corrected chi connectivity index (χ3v) is 3.57. The predicted octanol–water partition coefficient (Wildman–Crippen LogP) is 2.07. The van der Waals surface area contributed by atoms with Gasteiger partial charge in [0.15, 0.2) is 23.3 Å². The number of aromatic hydroxyl groups is 2. The van der Waals surface area contributed by atoms with Crippen LogP contribution in [0.3, 0.4) is 0 Å². The van der Waals surface area contributed by atoms with E-state index in [1.807, 2.05) is 0 Å². The van der Waals surface area contributed by atoms with Crippen molar-refractivity contribution >= 4 is 5.97 Å². The molecule has 0 radical (unpaired) electrons. The molecule has 0 spiro atoms. The van der Waals surface area contributed by atoms with Crippen molar-refractivity contribution in [3.05, 3.63) is 35.9 Å². The summed E-state index contributed by atoms with van der Waals surface area (Å²) < 4.78 is 16.4. The van der Waals surface area contributed by atoms with Gasteiger partial charge >= 0.3 is 5.97 Å². The van der Waals surface area contributed by atoms with Crippen LogP contribution in [0.2, 0.25) is 0 Å². The van der Waals surface area contributed by atoms with Crippen molar-refractivity contribution < 1.29 is 29.2 Å². The second kappa shape index (κ2) is 6.95. The summed E-state index contributed by atoms with van der Waals surface area (Å²) in [6, 6.07) is 7.15. The lowest BCUT2D eigenvalue weighted by molar-refractivity contribution is -0.141. The minimum Gasteiger partial charge on any atom is -0.494 e. The number of ether oxygens (including phenoxy) is 3. The van der Waals surface area contributed by atoms with Gasteiger partial charge in [-0.3, -0.25) is 9.36 Å². The molecule has 7 heteroatoms. The van der Waals surface area contributed by atoms with E-state index in [9.17, 15) is 15.0 Å². The Bertz CT molecular complexity index is 674. The van der Waals surface area contributed by atoms with E-state index in [-0.39, 0.29) is 18.2 Å². The van der Waals surface area contributed by atoms with E-state index in [2.05, 4.69) is 0 Å². The summed E-state index contributed by atoms with van der Waals surface area (Å²) in [7, 11) is 4.30. The zero-order chi connectivity index (χ0) is 17.0. The monoisotopic (exact) mass is 321 g/mol. The first kappa shape index (κ1) is 16.5. The normalized spacial score (nSPS) is 11.8. The van der Waals surface area contributed by atoms with Crippen molar-refractivity contribution in [2.24, 2.45) is 0 Å². The number of carbonyl (C=O) groups is 1. The number of aromatic nitrogens is 1. The molecular formula is C16H19NO6. The van der Waals surface area contributed by atoms with E-state index in [0.717, 1.165) is 0 Å². The maximum absolute atomic E-state index is 11.7. The largest absolute Gasteiger partial charge is 0.494 e. The Morgan fingerprint density at radius 1 is 1.04 bits per heavy atom. The van der Waals surface area contributed by atoms with Gasteiger partial charge in [-0.05, 0) is 17.7 Å². The molecule has 1 atom stereocenters. The molecular weight excluding hydrogens is 302 g/mol. The number of methoxy groups -OCH3 is 3. The minimum atomic E-state index is -0.655. The fraction of sp³-hybridized carbons (Fsp3) is 0.312. The van der Waals surface area contributed by atoms with Crippen LogP contribution in [0, 0.1) is 0 Å². The van der Waals surface area contributed by atoms with Crippen LogP contribution in [0.15, 0.2) is 30.3 Å². The number of rotatable bonds is 6. The van der Waals surface area contributed by atoms with Gasteiger partial charge in [0.2, 0.25) is 0 Å². The van der Waals surface area contributed by atoms with Gasteiger partial charge in [-0.2, -0.15) is 0 Å². The van der Waals surface area contributed by atoms with Gasteiger partial charge in [0, 0.05) is 12.1 Å². The summed E-state index contributed by atoms with van der Waals surface area (Å²) in [6.45, 7) is 0. The van der Waals surface area contributed by atoms with Crippen LogP contribution < -0.4 is 9.47 Å². The number of hydrogen-bond acceptors (Lipinski definition) is 6. The number of benzene rings is 1. The molecule has 1 heterocycles. The minimum absolute atomic E-state index is 0.0677. The molecule has 1 aromatic carbocycles. The van der Waals surface area contributed by atoms with E-state index in [4.69, 9.17) is 14.2 Å². The van der Waals surface area contributed by atoms with Gasteiger partial charge in [-0.15, -0.1) is 0 Å². The molecule has 7 nitrogen and oxygen atoms in total. The van der Waals surface area contributed by atoms with Crippen LogP contribution >= 0.6 is 0 Å². The lowest BCUT2D eigenvalue weighted by atomic mass is 10.0. The topological polar surface area (TPSA) is 90.2 Å². The number of hydrogen-bond donors (Lipinski definition) is 2. The van der Waals surface area contributed by atoms with Crippen LogP contribution in [-0.4, -0.2) is 42.1 Å². The van der Waals surface area contributed by atoms with Gasteiger partial charge in [-0.25, -0.2) is 0 Å². The summed E-state index contributed by atoms with van der Waals surface area (Å²) in [5.41, 5.74) is 0.648. The maximum Gasteiger partial charge on any atom is 0.307 e. The first-order valence-electron chi connectivity index (χ1n) is 6.89. The quantitative estimate of drug-likeness (QED) is 0.792. The van der Waals surface area contributed by atoms with Crippen LogP contribution in [0.25, 0.3) is 0 Å². The fourth-order valence-corrected chi connectivity index (χ4v) is 2.41. The number of esters is 1. The molecule has 124 valence electrons. The van der Waals surface area contributed by atoms with Crippen LogP contribution in [0.5, 0.6) is 23.3 Å². The molecule has 0 aliphatic carbocycles. The molecule has 0 bridgehead atoms. The Balaban J connectivity index is 2.52. The van der Waals surface area contributed by atoms with E-state index < -0.39 is 12.0 Å². The summed E-state index contributed by atoms with van der Waals surface area (Å²) in [6.07, 6.45) is -0.0677. The Kier molecular flexibility index (Phi) is 5.00. The highest BCUT2D eigenvalue weighted by atomic mass is 16.5. The van der Waals surface area contributed by atoms with Gasteiger partial charge in [-0.1, -0.05) is 6.07 Å². The zero-order valence-corrected chi connectivity index (χ0v) is 13.1. The number of carbonyl (C=O) groups excluding carboxylic acids is 1. The Morgan fingerprint density at radius 3 is 2.17 bits per heavy atom. The van der Waals surface area contributed by atoms with Crippen molar-refractivity contribution in [3.63, 3.8) is 0 Å². The second-order valence-corrected chi connectivity index (χ2v) is 4.83. The Labute approximate surface area is 133 Å². The highest BCUT2D eigenvalue weighted by molar-refractivity contribution is 5.70. The molecule has 2 rings (SSSR count). The van der Waals surface area contributed by atoms with E-state index in [0.29, 0.717) is 17.1 Å². The van der Waals surface area contributed by atoms with E-state index >= 15 is 0 Å². The van der Waals surface area contributed by atoms with Crippen molar-refractivity contribution in [2.45, 2.75) is 12.5 Å². The molecule has 0 aliphatic rings. The average Bonchev–Trinajstić information content (AvgIpc) is 2.90. The SMILES string of the molecule is COC(=O)CC(c1ccc(OC)c(OC)c1)n1c(O)ccc1O. The third-order valence-electron chi connectivity index (χ3n) is 3.57. The lowest BCUT2D eigenvalue weighted by Gasteiger charge is -2.21. The molecule has 0 saturated heterocycles. The first-order valence-corrected chi connectivity index (χ1v) is 6.89. The molecule has 0 saturated carbocycles. The lowest BCUT2D eigenvalue weighted by Crippen LogP contribution is -2.16. The molecule has 0 aliphatic heterocycles. The summed E-state index contributed by atoms with van der Waals surface area (Å²) in [4.78, 5) is 11.7. The molecule has 2 aromatic rings. The van der Waals surface area contributed by atoms with Gasteiger partial charge in [0.1, 0.15) is 0 Å². The molecule has 23 heavy (non-hydrogen) atoms. The van der Waals surface area contributed by atoms with Gasteiger partial charge in [0.25, 0.3) is 0 Å². The highest BCUT2D eigenvalue weighted by Crippen LogP contribution is 2.37. The standard InChI is InChI=1S/C16H19NO6/c1-21-12-5-4-10(8-13(12)22-2)11(9-16(20)23-3)17-14(18)6-7-15(17)19/h4-8,11,18-19H,9H2,1-3H3. The predicted molar refractivity (Wildman–Crippen MR) is 82.1 cm³/mol. The highest BCUT2D eigenvalue weighted by Gasteiger charge is 2.24. The molecule has 0 fully saturated rings. The Morgan fingerprint density at radius 2 is 1.65 bits per heavy atom. The van der Waals surface area contributed by atoms with Crippen molar-refractivity contribution in [1.82, 2.24) is 4.57 Å². The maximum atomic E-state index is 11.7. The molecule has 1 aromatic heterocycles. The van der Waals surface area contributed by atoms with Crippen molar-refractivity contribution in [2.75, 3.05) is 21.3 Å². The number of nitrogens with zero attached hydrogens (tertiary/aromatic N) is 1. The summed E-state index contributed by atoms with van der Waals surface area (Å²) >= 11 is 0. The Hall–Kier alpha value is -2.83. The fourth-order valence-electron chi connectivity index (χ4n) is 2.41. The van der Waals surface area contributed by atoms with Crippen LogP contribution in [0.4, 0.5) is 0 Å². The summed E-state index contributed by atoms with van der Waals surface area (Å²) in [5, 5.41) is 19.9. The third kappa shape index (κ3) is 3.33. The van der Waals surface area contributed by atoms with E-state index in [1.54, 1.807) is 18.2 Å². The van der Waals surface area contributed by atoms with Gasteiger partial charge in [0.05, 0.1) is 33.8 Å². The average molecular weight is 321 g/mol. The van der Waals surface area contributed by atoms with Gasteiger partial charge < -0.3 is 24.4 Å². The molecule has 1 unspecified atom stereocenters. The van der Waals surface area contributed by atoms with Crippen LogP contribution in [-0.2, 0) is 9.53 Å². The first-order chi connectivity index (χ1) is 11.0. The molecule has 2 N–H and O–H groups in total. The smallest absolute Gasteiger partial charge is 0.307 e. The van der Waals surface area contributed by atoms with Crippen LogP contribution in [0.1, 0.15) is 18.0 Å². The van der Waals surface area contributed by atoms with E-state index in [1.165, 1.54) is 38.0 Å².